The van der Waals surface area contributed by atoms with Crippen molar-refractivity contribution >= 4 is 31.4 Å². The van der Waals surface area contributed by atoms with Gasteiger partial charge in [0.2, 0.25) is 0 Å². The minimum absolute atomic E-state index is 0.184. The van der Waals surface area contributed by atoms with Crippen LogP contribution in [-0.4, -0.2) is 54.3 Å². The zero-order chi connectivity index (χ0) is 16.7. The van der Waals surface area contributed by atoms with Gasteiger partial charge in [0.15, 0.2) is 0 Å². The van der Waals surface area contributed by atoms with Gasteiger partial charge in [-0.1, -0.05) is 0 Å². The fraction of sp³-hybridized carbons (Fsp3) is 0.529. The summed E-state index contributed by atoms with van der Waals surface area (Å²) in [7, 11) is 2.58. The topological polar surface area (TPSA) is 61.8 Å². The second-order valence-electron chi connectivity index (χ2n) is 5.52. The standard InChI is InChI=1S/C17H22O5Se/c1-20-16(18)15(17(19)21-2)8-12-9-22-10-13(12)11-23-14-6-4-3-5-7-14/h3-7,12-13,15H,8-11H2,1-2H3/t12-,13-/m0/s1. The van der Waals surface area contributed by atoms with Crippen LogP contribution in [0.2, 0.25) is 5.32 Å². The van der Waals surface area contributed by atoms with Crippen molar-refractivity contribution in [3.05, 3.63) is 30.3 Å². The Balaban J connectivity index is 1.94. The fourth-order valence-electron chi connectivity index (χ4n) is 2.68. The summed E-state index contributed by atoms with van der Waals surface area (Å²) in [6.07, 6.45) is 0.425. The number of methoxy groups -OCH3 is 2. The van der Waals surface area contributed by atoms with Crippen LogP contribution in [-0.2, 0) is 23.8 Å². The fourth-order valence-corrected chi connectivity index (χ4v) is 5.04. The molecule has 23 heavy (non-hydrogen) atoms. The van der Waals surface area contributed by atoms with Crippen molar-refractivity contribution in [2.45, 2.75) is 11.7 Å². The Hall–Kier alpha value is -1.36. The molecule has 1 aliphatic rings. The van der Waals surface area contributed by atoms with Gasteiger partial charge in [-0.2, -0.15) is 0 Å². The molecule has 5 nitrogen and oxygen atoms in total. The van der Waals surface area contributed by atoms with E-state index in [1.54, 1.807) is 0 Å². The van der Waals surface area contributed by atoms with Gasteiger partial charge in [-0.05, 0) is 0 Å². The number of ether oxygens (including phenoxy) is 3. The molecule has 1 aromatic rings. The van der Waals surface area contributed by atoms with Crippen molar-refractivity contribution in [2.75, 3.05) is 27.4 Å². The summed E-state index contributed by atoms with van der Waals surface area (Å²) in [5.74, 6) is -1.37. The summed E-state index contributed by atoms with van der Waals surface area (Å²) in [6.45, 7) is 1.27. The summed E-state index contributed by atoms with van der Waals surface area (Å²) in [5, 5.41) is 1.04. The van der Waals surface area contributed by atoms with Crippen LogP contribution >= 0.6 is 0 Å². The van der Waals surface area contributed by atoms with Gasteiger partial charge in [0.25, 0.3) is 0 Å². The van der Waals surface area contributed by atoms with Crippen molar-refractivity contribution in [3.63, 3.8) is 0 Å². The molecule has 6 heteroatoms. The van der Waals surface area contributed by atoms with E-state index in [9.17, 15) is 9.59 Å². The Morgan fingerprint density at radius 3 is 2.35 bits per heavy atom. The van der Waals surface area contributed by atoms with E-state index in [1.807, 2.05) is 18.2 Å². The van der Waals surface area contributed by atoms with E-state index in [0.29, 0.717) is 40.5 Å². The molecule has 1 aromatic carbocycles. The molecule has 126 valence electrons. The third-order valence-corrected chi connectivity index (χ3v) is 6.57. The summed E-state index contributed by atoms with van der Waals surface area (Å²) in [6, 6.07) is 10.4. The molecule has 0 aliphatic carbocycles. The van der Waals surface area contributed by atoms with Crippen molar-refractivity contribution in [3.8, 4) is 0 Å². The molecular formula is C17H22O5Se. The average Bonchev–Trinajstić information content (AvgIpc) is 3.04. The summed E-state index contributed by atoms with van der Waals surface area (Å²) < 4.78 is 16.4. The Bertz CT molecular complexity index is 503. The minimum atomic E-state index is -0.858. The van der Waals surface area contributed by atoms with Crippen molar-refractivity contribution in [1.82, 2.24) is 0 Å². The van der Waals surface area contributed by atoms with Crippen LogP contribution in [0.1, 0.15) is 6.42 Å². The summed E-state index contributed by atoms with van der Waals surface area (Å²) >= 11 is 0.365. The van der Waals surface area contributed by atoms with Crippen molar-refractivity contribution in [1.29, 1.82) is 0 Å². The van der Waals surface area contributed by atoms with Crippen LogP contribution < -0.4 is 4.46 Å². The molecular weight excluding hydrogens is 363 g/mol. The number of carbonyl (C=O) groups excluding carboxylic acids is 2. The van der Waals surface area contributed by atoms with E-state index in [1.165, 1.54) is 18.7 Å². The van der Waals surface area contributed by atoms with Gasteiger partial charge < -0.3 is 0 Å². The van der Waals surface area contributed by atoms with E-state index in [2.05, 4.69) is 12.1 Å². The predicted molar refractivity (Wildman–Crippen MR) is 86.6 cm³/mol. The molecule has 0 radical (unpaired) electrons. The number of hydrogen-bond donors (Lipinski definition) is 0. The van der Waals surface area contributed by atoms with Crippen LogP contribution in [0.15, 0.2) is 30.3 Å². The number of esters is 2. The molecule has 0 N–H and O–H groups in total. The molecule has 1 aliphatic heterocycles. The maximum atomic E-state index is 11.8. The Labute approximate surface area is 142 Å². The van der Waals surface area contributed by atoms with Gasteiger partial charge in [-0.25, -0.2) is 0 Å². The second kappa shape index (κ2) is 9.06. The molecule has 1 heterocycles. The third-order valence-electron chi connectivity index (χ3n) is 4.05. The van der Waals surface area contributed by atoms with E-state index in [0.717, 1.165) is 5.32 Å². The van der Waals surface area contributed by atoms with E-state index < -0.39 is 17.9 Å². The number of carbonyl (C=O) groups is 2. The Kier molecular flexibility index (Phi) is 7.09. The quantitative estimate of drug-likeness (QED) is 0.399. The van der Waals surface area contributed by atoms with Crippen LogP contribution in [0, 0.1) is 17.8 Å². The first-order chi connectivity index (χ1) is 11.2. The molecule has 2 rings (SSSR count). The monoisotopic (exact) mass is 386 g/mol. The van der Waals surface area contributed by atoms with Gasteiger partial charge in [-0.15, -0.1) is 0 Å². The van der Waals surface area contributed by atoms with Gasteiger partial charge in [0.1, 0.15) is 0 Å². The first-order valence-electron chi connectivity index (χ1n) is 7.57. The number of benzene rings is 1. The summed E-state index contributed by atoms with van der Waals surface area (Å²) in [4.78, 5) is 23.7. The predicted octanol–water partition coefficient (Wildman–Crippen LogP) is 1.05. The zero-order valence-corrected chi connectivity index (χ0v) is 15.1. The molecule has 2 atom stereocenters. The number of rotatable bonds is 7. The van der Waals surface area contributed by atoms with Crippen LogP contribution in [0.4, 0.5) is 0 Å². The zero-order valence-electron chi connectivity index (χ0n) is 13.4. The van der Waals surface area contributed by atoms with Gasteiger partial charge in [-0.3, -0.25) is 0 Å². The first kappa shape index (κ1) is 18.0. The molecule has 0 saturated carbocycles. The van der Waals surface area contributed by atoms with Gasteiger partial charge in [0.05, 0.1) is 0 Å². The normalized spacial score (nSPS) is 20.5. The SMILES string of the molecule is COC(=O)C(C[C@H]1COC[C@H]1C[Se]c1ccccc1)C(=O)OC. The number of hydrogen-bond acceptors (Lipinski definition) is 5. The third kappa shape index (κ3) is 5.06. The van der Waals surface area contributed by atoms with Crippen LogP contribution in [0.25, 0.3) is 0 Å². The van der Waals surface area contributed by atoms with Crippen LogP contribution in [0.3, 0.4) is 0 Å². The Morgan fingerprint density at radius 1 is 1.13 bits per heavy atom. The van der Waals surface area contributed by atoms with Crippen molar-refractivity contribution in [2.24, 2.45) is 17.8 Å². The van der Waals surface area contributed by atoms with Crippen LogP contribution in [0.5, 0.6) is 0 Å². The summed E-state index contributed by atoms with van der Waals surface area (Å²) in [5.41, 5.74) is 0. The average molecular weight is 385 g/mol. The van der Waals surface area contributed by atoms with Gasteiger partial charge in [0, 0.05) is 0 Å². The molecule has 0 unspecified atom stereocenters. The van der Waals surface area contributed by atoms with Gasteiger partial charge >= 0.3 is 142 Å². The second-order valence-corrected chi connectivity index (χ2v) is 7.81. The van der Waals surface area contributed by atoms with E-state index in [-0.39, 0.29) is 5.92 Å². The molecule has 0 aromatic heterocycles. The van der Waals surface area contributed by atoms with E-state index in [4.69, 9.17) is 14.2 Å². The first-order valence-corrected chi connectivity index (χ1v) is 9.63. The molecule has 0 spiro atoms. The Morgan fingerprint density at radius 2 is 1.74 bits per heavy atom. The molecule has 0 amide bonds. The maximum absolute atomic E-state index is 11.8. The molecule has 1 saturated heterocycles. The van der Waals surface area contributed by atoms with Crippen molar-refractivity contribution < 1.29 is 23.8 Å². The van der Waals surface area contributed by atoms with E-state index >= 15 is 0 Å². The molecule has 0 bridgehead atoms. The molecule has 1 fully saturated rings.